The molecule has 1 aliphatic heterocycles. The quantitative estimate of drug-likeness (QED) is 0.885. The van der Waals surface area contributed by atoms with Crippen molar-refractivity contribution in [1.82, 2.24) is 4.90 Å². The Labute approximate surface area is 138 Å². The van der Waals surface area contributed by atoms with Gasteiger partial charge in [0, 0.05) is 6.54 Å². The molecule has 1 heterocycles. The van der Waals surface area contributed by atoms with Gasteiger partial charge in [-0.05, 0) is 49.2 Å². The fourth-order valence-electron chi connectivity index (χ4n) is 3.06. The Morgan fingerprint density at radius 2 is 1.52 bits per heavy atom. The molecular formula is C20H25NO2. The summed E-state index contributed by atoms with van der Waals surface area (Å²) >= 11 is 0. The average molecular weight is 311 g/mol. The Morgan fingerprint density at radius 3 is 2.22 bits per heavy atom. The molecule has 122 valence electrons. The Kier molecular flexibility index (Phi) is 5.67. The van der Waals surface area contributed by atoms with Crippen LogP contribution >= 0.6 is 0 Å². The first-order valence-electron chi connectivity index (χ1n) is 8.50. The van der Waals surface area contributed by atoms with Gasteiger partial charge in [-0.2, -0.15) is 0 Å². The van der Waals surface area contributed by atoms with Crippen LogP contribution in [-0.2, 0) is 0 Å². The van der Waals surface area contributed by atoms with Crippen LogP contribution in [-0.4, -0.2) is 42.4 Å². The van der Waals surface area contributed by atoms with Crippen LogP contribution < -0.4 is 4.74 Å². The summed E-state index contributed by atoms with van der Waals surface area (Å²) in [4.78, 5) is 2.33. The molecule has 1 saturated heterocycles. The number of β-amino-alcohol motifs (C(OH)–C–C–N with tert-alkyl or cyclic N) is 1. The van der Waals surface area contributed by atoms with E-state index < -0.39 is 6.10 Å². The van der Waals surface area contributed by atoms with Gasteiger partial charge >= 0.3 is 0 Å². The standard InChI is InChI=1S/C20H25NO2/c22-19(15-21-13-5-2-6-14-21)16-23-20-11-9-18(10-12-20)17-7-3-1-4-8-17/h1,3-4,7-12,19,22H,2,5-6,13-16H2/t19-/m1/s1. The van der Waals surface area contributed by atoms with E-state index in [2.05, 4.69) is 29.2 Å². The predicted molar refractivity (Wildman–Crippen MR) is 93.7 cm³/mol. The van der Waals surface area contributed by atoms with Gasteiger partial charge in [0.2, 0.25) is 0 Å². The van der Waals surface area contributed by atoms with E-state index in [1.165, 1.54) is 30.4 Å². The zero-order valence-corrected chi connectivity index (χ0v) is 13.5. The lowest BCUT2D eigenvalue weighted by molar-refractivity contribution is 0.0617. The zero-order chi connectivity index (χ0) is 15.9. The van der Waals surface area contributed by atoms with Gasteiger partial charge in [-0.3, -0.25) is 0 Å². The molecule has 0 aliphatic carbocycles. The highest BCUT2D eigenvalue weighted by Gasteiger charge is 2.14. The fraction of sp³-hybridized carbons (Fsp3) is 0.400. The van der Waals surface area contributed by atoms with Crippen LogP contribution in [0.15, 0.2) is 54.6 Å². The van der Waals surface area contributed by atoms with Crippen molar-refractivity contribution in [3.05, 3.63) is 54.6 Å². The molecule has 2 aromatic rings. The number of aliphatic hydroxyl groups excluding tert-OH is 1. The lowest BCUT2D eigenvalue weighted by atomic mass is 10.1. The maximum atomic E-state index is 10.1. The predicted octanol–water partition coefficient (Wildman–Crippen LogP) is 3.58. The second-order valence-corrected chi connectivity index (χ2v) is 6.22. The molecule has 0 spiro atoms. The van der Waals surface area contributed by atoms with Gasteiger partial charge in [-0.1, -0.05) is 48.9 Å². The summed E-state index contributed by atoms with van der Waals surface area (Å²) in [5.41, 5.74) is 2.37. The Balaban J connectivity index is 1.48. The van der Waals surface area contributed by atoms with Gasteiger partial charge in [0.05, 0.1) is 0 Å². The highest BCUT2D eigenvalue weighted by molar-refractivity contribution is 5.63. The third-order valence-electron chi connectivity index (χ3n) is 4.32. The molecule has 1 atom stereocenters. The Morgan fingerprint density at radius 1 is 0.870 bits per heavy atom. The Bertz CT molecular complexity index is 576. The summed E-state index contributed by atoms with van der Waals surface area (Å²) in [6.07, 6.45) is 3.38. The van der Waals surface area contributed by atoms with Crippen LogP contribution in [0.2, 0.25) is 0 Å². The molecule has 0 bridgehead atoms. The fourth-order valence-corrected chi connectivity index (χ4v) is 3.06. The lowest BCUT2D eigenvalue weighted by Crippen LogP contribution is -2.38. The van der Waals surface area contributed by atoms with E-state index in [1.54, 1.807) is 0 Å². The molecule has 1 aliphatic rings. The molecule has 2 aromatic carbocycles. The van der Waals surface area contributed by atoms with Crippen LogP contribution in [0.25, 0.3) is 11.1 Å². The zero-order valence-electron chi connectivity index (χ0n) is 13.5. The summed E-state index contributed by atoms with van der Waals surface area (Å²) in [6.45, 7) is 3.26. The third kappa shape index (κ3) is 4.81. The summed E-state index contributed by atoms with van der Waals surface area (Å²) in [6, 6.07) is 18.3. The van der Waals surface area contributed by atoms with E-state index in [-0.39, 0.29) is 0 Å². The molecule has 0 radical (unpaired) electrons. The highest BCUT2D eigenvalue weighted by atomic mass is 16.5. The third-order valence-corrected chi connectivity index (χ3v) is 4.32. The van der Waals surface area contributed by atoms with Crippen LogP contribution in [0.1, 0.15) is 19.3 Å². The molecular weight excluding hydrogens is 286 g/mol. The molecule has 1 N–H and O–H groups in total. The molecule has 3 nitrogen and oxygen atoms in total. The van der Waals surface area contributed by atoms with Crippen LogP contribution in [0.5, 0.6) is 5.75 Å². The van der Waals surface area contributed by atoms with E-state index in [4.69, 9.17) is 4.74 Å². The van der Waals surface area contributed by atoms with Gasteiger partial charge in [-0.15, -0.1) is 0 Å². The van der Waals surface area contributed by atoms with E-state index in [9.17, 15) is 5.11 Å². The average Bonchev–Trinajstić information content (AvgIpc) is 2.62. The van der Waals surface area contributed by atoms with E-state index in [0.717, 1.165) is 18.8 Å². The molecule has 3 rings (SSSR count). The summed E-state index contributed by atoms with van der Waals surface area (Å²) in [5.74, 6) is 0.808. The summed E-state index contributed by atoms with van der Waals surface area (Å²) < 4.78 is 5.72. The summed E-state index contributed by atoms with van der Waals surface area (Å²) in [7, 11) is 0. The number of nitrogens with zero attached hydrogens (tertiary/aromatic N) is 1. The van der Waals surface area contributed by atoms with Gasteiger partial charge < -0.3 is 14.7 Å². The van der Waals surface area contributed by atoms with Gasteiger partial charge in [0.25, 0.3) is 0 Å². The van der Waals surface area contributed by atoms with E-state index in [1.807, 2.05) is 30.3 Å². The van der Waals surface area contributed by atoms with Crippen molar-refractivity contribution in [3.8, 4) is 16.9 Å². The second-order valence-electron chi connectivity index (χ2n) is 6.22. The minimum Gasteiger partial charge on any atom is -0.491 e. The number of likely N-dealkylation sites (tertiary alicyclic amines) is 1. The topological polar surface area (TPSA) is 32.7 Å². The minimum absolute atomic E-state index is 0.348. The summed E-state index contributed by atoms with van der Waals surface area (Å²) in [5, 5.41) is 10.1. The van der Waals surface area contributed by atoms with Gasteiger partial charge in [0.15, 0.2) is 0 Å². The Hall–Kier alpha value is -1.84. The molecule has 0 amide bonds. The van der Waals surface area contributed by atoms with Crippen LogP contribution in [0.4, 0.5) is 0 Å². The number of ether oxygens (including phenoxy) is 1. The van der Waals surface area contributed by atoms with Crippen molar-refractivity contribution in [3.63, 3.8) is 0 Å². The number of hydrogen-bond donors (Lipinski definition) is 1. The SMILES string of the molecule is O[C@@H](COc1ccc(-c2ccccc2)cc1)CN1CCCCC1. The second kappa shape index (κ2) is 8.14. The van der Waals surface area contributed by atoms with Gasteiger partial charge in [-0.25, -0.2) is 0 Å². The molecule has 0 aromatic heterocycles. The maximum Gasteiger partial charge on any atom is 0.119 e. The minimum atomic E-state index is -0.429. The van der Waals surface area contributed by atoms with Crippen molar-refractivity contribution >= 4 is 0 Å². The number of rotatable bonds is 6. The van der Waals surface area contributed by atoms with E-state index in [0.29, 0.717) is 13.2 Å². The number of benzene rings is 2. The van der Waals surface area contributed by atoms with E-state index >= 15 is 0 Å². The largest absolute Gasteiger partial charge is 0.491 e. The molecule has 0 unspecified atom stereocenters. The molecule has 0 saturated carbocycles. The van der Waals surface area contributed by atoms with Crippen LogP contribution in [0.3, 0.4) is 0 Å². The highest BCUT2D eigenvalue weighted by Crippen LogP contribution is 2.22. The maximum absolute atomic E-state index is 10.1. The lowest BCUT2D eigenvalue weighted by Gasteiger charge is -2.28. The molecule has 23 heavy (non-hydrogen) atoms. The number of hydrogen-bond acceptors (Lipinski definition) is 3. The van der Waals surface area contributed by atoms with Gasteiger partial charge in [0.1, 0.15) is 18.5 Å². The number of piperidine rings is 1. The van der Waals surface area contributed by atoms with Crippen molar-refractivity contribution < 1.29 is 9.84 Å². The first-order chi connectivity index (χ1) is 11.3. The smallest absolute Gasteiger partial charge is 0.119 e. The monoisotopic (exact) mass is 311 g/mol. The normalized spacial score (nSPS) is 16.9. The molecule has 1 fully saturated rings. The first kappa shape index (κ1) is 16.0. The van der Waals surface area contributed by atoms with Crippen molar-refractivity contribution in [2.24, 2.45) is 0 Å². The van der Waals surface area contributed by atoms with Crippen molar-refractivity contribution in [2.45, 2.75) is 25.4 Å². The van der Waals surface area contributed by atoms with Crippen molar-refractivity contribution in [2.75, 3.05) is 26.2 Å². The van der Waals surface area contributed by atoms with Crippen molar-refractivity contribution in [1.29, 1.82) is 0 Å². The number of aliphatic hydroxyl groups is 1. The first-order valence-corrected chi connectivity index (χ1v) is 8.50. The molecule has 3 heteroatoms. The van der Waals surface area contributed by atoms with Crippen LogP contribution in [0, 0.1) is 0 Å².